The lowest BCUT2D eigenvalue weighted by molar-refractivity contribution is 0.412. The molecule has 0 amide bonds. The first-order chi connectivity index (χ1) is 12.9. The fraction of sp³-hybridized carbons (Fsp3) is 0.333. The largest absolute Gasteiger partial charge is 0.508 e. The van der Waals surface area contributed by atoms with Gasteiger partial charge >= 0.3 is 0 Å². The van der Waals surface area contributed by atoms with E-state index in [0.717, 1.165) is 51.5 Å². The fourth-order valence-electron chi connectivity index (χ4n) is 3.55. The molecule has 0 fully saturated rings. The van der Waals surface area contributed by atoms with Crippen molar-refractivity contribution in [2.24, 2.45) is 0 Å². The summed E-state index contributed by atoms with van der Waals surface area (Å²) < 4.78 is 5.45. The van der Waals surface area contributed by atoms with Gasteiger partial charge in [-0.25, -0.2) is 0 Å². The Labute approximate surface area is 161 Å². The first-order valence-electron chi connectivity index (χ1n) is 9.50. The maximum atomic E-state index is 10.5. The van der Waals surface area contributed by atoms with Gasteiger partial charge in [-0.2, -0.15) is 0 Å². The van der Waals surface area contributed by atoms with E-state index in [2.05, 4.69) is 50.9 Å². The van der Waals surface area contributed by atoms with Gasteiger partial charge in [0.25, 0.3) is 0 Å². The lowest BCUT2D eigenvalue weighted by Gasteiger charge is -2.05. The van der Waals surface area contributed by atoms with Crippen molar-refractivity contribution in [3.63, 3.8) is 0 Å². The van der Waals surface area contributed by atoms with Crippen LogP contribution in [-0.4, -0.2) is 17.2 Å². The predicted octanol–water partition coefficient (Wildman–Crippen LogP) is 6.58. The Bertz CT molecular complexity index is 1030. The molecule has 0 saturated carbocycles. The molecular formula is C24H29NO2. The molecule has 1 aromatic heterocycles. The monoisotopic (exact) mass is 363 g/mol. The molecule has 0 atom stereocenters. The van der Waals surface area contributed by atoms with Crippen LogP contribution in [0.15, 0.2) is 47.6 Å². The summed E-state index contributed by atoms with van der Waals surface area (Å²) in [6.45, 7) is 8.47. The molecule has 27 heavy (non-hydrogen) atoms. The molecule has 0 unspecified atom stereocenters. The zero-order valence-electron chi connectivity index (χ0n) is 16.9. The van der Waals surface area contributed by atoms with Crippen molar-refractivity contribution in [1.29, 1.82) is 0 Å². The summed E-state index contributed by atoms with van der Waals surface area (Å²) in [5.41, 5.74) is 6.79. The van der Waals surface area contributed by atoms with Crippen molar-refractivity contribution in [3.8, 4) is 11.5 Å². The van der Waals surface area contributed by atoms with E-state index < -0.39 is 0 Å². The van der Waals surface area contributed by atoms with Crippen LogP contribution in [0.4, 0.5) is 0 Å². The number of aromatic hydroxyl groups is 1. The highest BCUT2D eigenvalue weighted by Gasteiger charge is 2.13. The predicted molar refractivity (Wildman–Crippen MR) is 115 cm³/mol. The summed E-state index contributed by atoms with van der Waals surface area (Å²) in [7, 11) is 1.69. The highest BCUT2D eigenvalue weighted by Crippen LogP contribution is 2.35. The standard InChI is InChI=1S/C24H29NO2/c1-15(2)7-6-8-16(3)9-10-19-22(26)12-11-18-20-13-17(4)23(27-5)14-21(20)25-24(18)19/h7,9,11-14,25-26H,6,8,10H2,1-5H3/b16-9+. The minimum atomic E-state index is 0.339. The molecule has 2 N–H and O–H groups in total. The Kier molecular flexibility index (Phi) is 5.59. The molecule has 3 rings (SSSR count). The third kappa shape index (κ3) is 4.02. The molecule has 0 aliphatic rings. The van der Waals surface area contributed by atoms with Crippen molar-refractivity contribution in [1.82, 2.24) is 4.98 Å². The van der Waals surface area contributed by atoms with Crippen molar-refractivity contribution in [2.45, 2.75) is 47.0 Å². The minimum Gasteiger partial charge on any atom is -0.508 e. The van der Waals surface area contributed by atoms with E-state index in [4.69, 9.17) is 4.74 Å². The number of hydrogen-bond donors (Lipinski definition) is 2. The Morgan fingerprint density at radius 2 is 1.89 bits per heavy atom. The van der Waals surface area contributed by atoms with Crippen molar-refractivity contribution in [3.05, 3.63) is 58.7 Å². The second kappa shape index (κ2) is 7.91. The molecular weight excluding hydrogens is 334 g/mol. The van der Waals surface area contributed by atoms with Gasteiger partial charge in [0.05, 0.1) is 18.1 Å². The molecule has 3 heteroatoms. The average Bonchev–Trinajstić information content (AvgIpc) is 2.97. The van der Waals surface area contributed by atoms with Gasteiger partial charge < -0.3 is 14.8 Å². The number of rotatable bonds is 6. The lowest BCUT2D eigenvalue weighted by Crippen LogP contribution is -1.87. The molecule has 0 aliphatic heterocycles. The molecule has 0 spiro atoms. The van der Waals surface area contributed by atoms with Crippen molar-refractivity contribution in [2.75, 3.05) is 7.11 Å². The first-order valence-corrected chi connectivity index (χ1v) is 9.50. The average molecular weight is 364 g/mol. The van der Waals surface area contributed by atoms with Gasteiger partial charge in [0.2, 0.25) is 0 Å². The van der Waals surface area contributed by atoms with E-state index in [-0.39, 0.29) is 0 Å². The normalized spacial score (nSPS) is 12.0. The van der Waals surface area contributed by atoms with Gasteiger partial charge in [-0.3, -0.25) is 0 Å². The van der Waals surface area contributed by atoms with E-state index >= 15 is 0 Å². The number of ether oxygens (including phenoxy) is 1. The van der Waals surface area contributed by atoms with Crippen LogP contribution in [0.3, 0.4) is 0 Å². The molecule has 3 nitrogen and oxygen atoms in total. The number of H-pyrrole nitrogens is 1. The molecule has 0 radical (unpaired) electrons. The molecule has 0 saturated heterocycles. The SMILES string of the molecule is COc1cc2[nH]c3c(C/C=C(\C)CCC=C(C)C)c(O)ccc3c2cc1C. The number of fused-ring (bicyclic) bond motifs is 3. The van der Waals surface area contributed by atoms with E-state index in [9.17, 15) is 5.11 Å². The van der Waals surface area contributed by atoms with Gasteiger partial charge in [0.15, 0.2) is 0 Å². The van der Waals surface area contributed by atoms with Crippen LogP contribution in [0, 0.1) is 6.92 Å². The molecule has 2 aromatic carbocycles. The summed E-state index contributed by atoms with van der Waals surface area (Å²) in [5, 5.41) is 12.8. The second-order valence-corrected chi connectivity index (χ2v) is 7.55. The van der Waals surface area contributed by atoms with Crippen LogP contribution in [-0.2, 0) is 6.42 Å². The minimum absolute atomic E-state index is 0.339. The second-order valence-electron chi connectivity index (χ2n) is 7.55. The van der Waals surface area contributed by atoms with E-state index in [1.54, 1.807) is 13.2 Å². The number of aromatic nitrogens is 1. The molecule has 0 aliphatic carbocycles. The Balaban J connectivity index is 1.98. The van der Waals surface area contributed by atoms with Gasteiger partial charge in [0, 0.05) is 22.4 Å². The number of phenols is 1. The summed E-state index contributed by atoms with van der Waals surface area (Å²) in [6.07, 6.45) is 7.32. The van der Waals surface area contributed by atoms with Gasteiger partial charge in [-0.15, -0.1) is 0 Å². The van der Waals surface area contributed by atoms with Gasteiger partial charge in [-0.05, 0) is 70.7 Å². The number of phenolic OH excluding ortho intramolecular Hbond substituents is 1. The quantitative estimate of drug-likeness (QED) is 0.486. The smallest absolute Gasteiger partial charge is 0.123 e. The van der Waals surface area contributed by atoms with Crippen LogP contribution >= 0.6 is 0 Å². The van der Waals surface area contributed by atoms with E-state index in [1.165, 1.54) is 11.1 Å². The van der Waals surface area contributed by atoms with Crippen molar-refractivity contribution < 1.29 is 9.84 Å². The number of methoxy groups -OCH3 is 1. The topological polar surface area (TPSA) is 45.2 Å². The number of hydrogen-bond acceptors (Lipinski definition) is 2. The first kappa shape index (κ1) is 19.1. The van der Waals surface area contributed by atoms with E-state index in [0.29, 0.717) is 12.2 Å². The highest BCUT2D eigenvalue weighted by atomic mass is 16.5. The van der Waals surface area contributed by atoms with Crippen LogP contribution in [0.1, 0.15) is 44.7 Å². The summed E-state index contributed by atoms with van der Waals surface area (Å²) in [6, 6.07) is 7.97. The van der Waals surface area contributed by atoms with Gasteiger partial charge in [0.1, 0.15) is 11.5 Å². The number of allylic oxidation sites excluding steroid dienone is 4. The lowest BCUT2D eigenvalue weighted by atomic mass is 10.0. The Morgan fingerprint density at radius 3 is 2.59 bits per heavy atom. The number of aromatic amines is 1. The molecule has 142 valence electrons. The van der Waals surface area contributed by atoms with Crippen LogP contribution in [0.25, 0.3) is 21.8 Å². The molecule has 0 bridgehead atoms. The van der Waals surface area contributed by atoms with Crippen LogP contribution < -0.4 is 4.74 Å². The summed E-state index contributed by atoms with van der Waals surface area (Å²) in [4.78, 5) is 3.49. The Hall–Kier alpha value is -2.68. The van der Waals surface area contributed by atoms with Gasteiger partial charge in [-0.1, -0.05) is 23.3 Å². The van der Waals surface area contributed by atoms with Crippen molar-refractivity contribution >= 4 is 21.8 Å². The maximum absolute atomic E-state index is 10.5. The number of benzene rings is 2. The third-order valence-corrected chi connectivity index (χ3v) is 5.12. The molecule has 1 heterocycles. The number of nitrogens with one attached hydrogen (secondary N) is 1. The zero-order valence-corrected chi connectivity index (χ0v) is 16.9. The Morgan fingerprint density at radius 1 is 1.11 bits per heavy atom. The van der Waals surface area contributed by atoms with E-state index in [1.807, 2.05) is 12.1 Å². The third-order valence-electron chi connectivity index (χ3n) is 5.12. The van der Waals surface area contributed by atoms with Crippen LogP contribution in [0.5, 0.6) is 11.5 Å². The summed E-state index contributed by atoms with van der Waals surface area (Å²) in [5.74, 6) is 1.21. The van der Waals surface area contributed by atoms with Crippen LogP contribution in [0.2, 0.25) is 0 Å². The highest BCUT2D eigenvalue weighted by molar-refractivity contribution is 6.09. The molecule has 3 aromatic rings. The summed E-state index contributed by atoms with van der Waals surface area (Å²) >= 11 is 0. The number of aryl methyl sites for hydroxylation is 1. The fourth-order valence-corrected chi connectivity index (χ4v) is 3.55. The maximum Gasteiger partial charge on any atom is 0.123 e. The zero-order chi connectivity index (χ0) is 19.6.